The highest BCUT2D eigenvalue weighted by atomic mass is 16.6. The van der Waals surface area contributed by atoms with Gasteiger partial charge < -0.3 is 26.0 Å². The molecule has 9 heteroatoms. The first-order chi connectivity index (χ1) is 16.3. The minimum Gasteiger partial charge on any atom is -0.444 e. The number of carbonyl (C=O) groups is 4. The fourth-order valence-corrected chi connectivity index (χ4v) is 3.80. The first-order valence-corrected chi connectivity index (χ1v) is 12.2. The number of aryl methyl sites for hydroxylation is 1. The van der Waals surface area contributed by atoms with E-state index in [0.717, 1.165) is 18.4 Å². The minimum atomic E-state index is -1.09. The topological polar surface area (TPSA) is 131 Å². The fraction of sp³-hybridized carbons (Fsp3) is 0.615. The molecule has 0 aliphatic carbocycles. The second kappa shape index (κ2) is 13.7. The molecule has 1 rings (SSSR count). The van der Waals surface area contributed by atoms with Crippen molar-refractivity contribution in [2.45, 2.75) is 97.9 Å². The molecule has 0 saturated heterocycles. The number of hydrogen-bond donors (Lipinski definition) is 3. The van der Waals surface area contributed by atoms with Crippen LogP contribution in [0.15, 0.2) is 24.3 Å². The molecule has 1 aromatic carbocycles. The van der Waals surface area contributed by atoms with Crippen molar-refractivity contribution in [3.8, 4) is 0 Å². The van der Waals surface area contributed by atoms with Gasteiger partial charge in [-0.2, -0.15) is 0 Å². The Bertz CT molecular complexity index is 881. The van der Waals surface area contributed by atoms with Gasteiger partial charge in [-0.1, -0.05) is 43.2 Å². The van der Waals surface area contributed by atoms with Gasteiger partial charge in [-0.05, 0) is 59.9 Å². The van der Waals surface area contributed by atoms with E-state index in [2.05, 4.69) is 10.6 Å². The summed E-state index contributed by atoms with van der Waals surface area (Å²) in [5, 5.41) is 5.58. The number of benzene rings is 1. The minimum absolute atomic E-state index is 0.0156. The van der Waals surface area contributed by atoms with Crippen LogP contribution in [0.3, 0.4) is 0 Å². The van der Waals surface area contributed by atoms with E-state index < -0.39 is 35.6 Å². The number of nitrogens with two attached hydrogens (primary N) is 1. The Hall–Kier alpha value is -3.10. The number of ether oxygens (including phenoxy) is 1. The van der Waals surface area contributed by atoms with Gasteiger partial charge in [0.15, 0.2) is 0 Å². The van der Waals surface area contributed by atoms with Crippen molar-refractivity contribution in [1.82, 2.24) is 15.5 Å². The molecule has 4 amide bonds. The summed E-state index contributed by atoms with van der Waals surface area (Å²) in [6, 6.07) is 5.34. The number of amides is 4. The molecule has 1 aromatic rings. The van der Waals surface area contributed by atoms with E-state index in [-0.39, 0.29) is 31.3 Å². The second-order valence-electron chi connectivity index (χ2n) is 9.84. The summed E-state index contributed by atoms with van der Waals surface area (Å²) in [4.78, 5) is 52.5. The van der Waals surface area contributed by atoms with Crippen LogP contribution in [-0.2, 0) is 19.1 Å². The number of rotatable bonds is 12. The third-order valence-corrected chi connectivity index (χ3v) is 5.32. The van der Waals surface area contributed by atoms with Gasteiger partial charge in [0.1, 0.15) is 17.7 Å². The number of alkyl carbamates (subject to hydrolysis) is 1. The predicted octanol–water partition coefficient (Wildman–Crippen LogP) is 3.35. The number of nitrogens with one attached hydrogen (secondary N) is 2. The van der Waals surface area contributed by atoms with Gasteiger partial charge in [0.25, 0.3) is 0 Å². The lowest BCUT2D eigenvalue weighted by atomic mass is 9.99. The molecule has 0 aromatic heterocycles. The van der Waals surface area contributed by atoms with Crippen LogP contribution in [0.25, 0.3) is 0 Å². The summed E-state index contributed by atoms with van der Waals surface area (Å²) >= 11 is 0. The maximum Gasteiger partial charge on any atom is 0.408 e. The zero-order chi connectivity index (χ0) is 26.8. The van der Waals surface area contributed by atoms with Crippen LogP contribution >= 0.6 is 0 Å². The lowest BCUT2D eigenvalue weighted by Gasteiger charge is -2.34. The van der Waals surface area contributed by atoms with E-state index in [4.69, 9.17) is 10.5 Å². The zero-order valence-electron chi connectivity index (χ0n) is 22.1. The number of primary amides is 1. The number of nitrogens with zero attached hydrogens (tertiary/aromatic N) is 1. The summed E-state index contributed by atoms with van der Waals surface area (Å²) in [5.74, 6) is -1.40. The van der Waals surface area contributed by atoms with E-state index in [9.17, 15) is 19.2 Å². The van der Waals surface area contributed by atoms with Gasteiger partial charge in [-0.25, -0.2) is 4.79 Å². The van der Waals surface area contributed by atoms with Crippen molar-refractivity contribution in [1.29, 1.82) is 0 Å². The van der Waals surface area contributed by atoms with Gasteiger partial charge in [-0.15, -0.1) is 0 Å². The molecule has 3 unspecified atom stereocenters. The van der Waals surface area contributed by atoms with Crippen LogP contribution in [0.5, 0.6) is 0 Å². The SMILES string of the molecule is CCCC(C)NC(=O)C(c1cccc(C)c1)N(CC)C(=O)C(CCC(N)=O)NC(=O)OC(C)(C)C. The Morgan fingerprint density at radius 1 is 1.09 bits per heavy atom. The Morgan fingerprint density at radius 2 is 1.74 bits per heavy atom. The van der Waals surface area contributed by atoms with Crippen LogP contribution < -0.4 is 16.4 Å². The van der Waals surface area contributed by atoms with E-state index >= 15 is 0 Å². The summed E-state index contributed by atoms with van der Waals surface area (Å²) in [6.45, 7) is 13.0. The Balaban J connectivity index is 3.36. The van der Waals surface area contributed by atoms with Crippen molar-refractivity contribution in [3.05, 3.63) is 35.4 Å². The first-order valence-electron chi connectivity index (χ1n) is 12.2. The lowest BCUT2D eigenvalue weighted by Crippen LogP contribution is -2.53. The summed E-state index contributed by atoms with van der Waals surface area (Å²) in [7, 11) is 0. The Labute approximate surface area is 209 Å². The van der Waals surface area contributed by atoms with Crippen molar-refractivity contribution >= 4 is 23.8 Å². The van der Waals surface area contributed by atoms with Gasteiger partial charge in [0, 0.05) is 19.0 Å². The molecule has 9 nitrogen and oxygen atoms in total. The summed E-state index contributed by atoms with van der Waals surface area (Å²) < 4.78 is 5.31. The molecule has 0 spiro atoms. The summed E-state index contributed by atoms with van der Waals surface area (Å²) in [5.41, 5.74) is 6.14. The van der Waals surface area contributed by atoms with E-state index in [1.807, 2.05) is 39.0 Å². The molecular formula is C26H42N4O5. The molecule has 0 saturated carbocycles. The van der Waals surface area contributed by atoms with E-state index in [1.165, 1.54) is 4.90 Å². The molecule has 3 atom stereocenters. The average molecular weight is 491 g/mol. The molecule has 196 valence electrons. The molecular weight excluding hydrogens is 448 g/mol. The lowest BCUT2D eigenvalue weighted by molar-refractivity contribution is -0.142. The maximum absolute atomic E-state index is 13.7. The molecule has 0 aliphatic rings. The fourth-order valence-electron chi connectivity index (χ4n) is 3.80. The standard InChI is InChI=1S/C26H42N4O5/c1-8-11-18(4)28-23(32)22(19-13-10-12-17(3)16-19)30(9-2)24(33)20(14-15-21(27)31)29-25(34)35-26(5,6)7/h10,12-13,16,18,20,22H,8-9,11,14-15H2,1-7H3,(H2,27,31)(H,28,32)(H,29,34). The van der Waals surface area contributed by atoms with Gasteiger partial charge in [0.05, 0.1) is 0 Å². The molecule has 0 bridgehead atoms. The zero-order valence-corrected chi connectivity index (χ0v) is 22.1. The molecule has 0 fully saturated rings. The average Bonchev–Trinajstić information content (AvgIpc) is 2.72. The van der Waals surface area contributed by atoms with Crippen LogP contribution in [-0.4, -0.2) is 52.9 Å². The highest BCUT2D eigenvalue weighted by molar-refractivity contribution is 5.92. The van der Waals surface area contributed by atoms with Gasteiger partial charge in [0.2, 0.25) is 17.7 Å². The van der Waals surface area contributed by atoms with Crippen molar-refractivity contribution in [3.63, 3.8) is 0 Å². The molecule has 4 N–H and O–H groups in total. The van der Waals surface area contributed by atoms with Crippen LogP contribution in [0.2, 0.25) is 0 Å². The molecule has 0 radical (unpaired) electrons. The maximum atomic E-state index is 13.7. The number of carbonyl (C=O) groups excluding carboxylic acids is 4. The van der Waals surface area contributed by atoms with Crippen LogP contribution in [0.1, 0.15) is 84.4 Å². The van der Waals surface area contributed by atoms with Crippen molar-refractivity contribution in [2.75, 3.05) is 6.54 Å². The quantitative estimate of drug-likeness (QED) is 0.414. The molecule has 0 heterocycles. The second-order valence-corrected chi connectivity index (χ2v) is 9.84. The highest BCUT2D eigenvalue weighted by Crippen LogP contribution is 2.24. The number of likely N-dealkylation sites (N-methyl/N-ethyl adjacent to an activating group) is 1. The van der Waals surface area contributed by atoms with Crippen LogP contribution in [0.4, 0.5) is 4.79 Å². The molecule has 0 aliphatic heterocycles. The van der Waals surface area contributed by atoms with Crippen molar-refractivity contribution in [2.24, 2.45) is 5.73 Å². The predicted molar refractivity (Wildman–Crippen MR) is 135 cm³/mol. The number of hydrogen-bond acceptors (Lipinski definition) is 5. The Morgan fingerprint density at radius 3 is 2.26 bits per heavy atom. The van der Waals surface area contributed by atoms with Crippen LogP contribution in [0, 0.1) is 6.92 Å². The largest absolute Gasteiger partial charge is 0.444 e. The Kier molecular flexibility index (Phi) is 11.7. The molecule has 35 heavy (non-hydrogen) atoms. The first kappa shape index (κ1) is 29.9. The third kappa shape index (κ3) is 10.4. The summed E-state index contributed by atoms with van der Waals surface area (Å²) in [6.07, 6.45) is 0.789. The van der Waals surface area contributed by atoms with Crippen molar-refractivity contribution < 1.29 is 23.9 Å². The van der Waals surface area contributed by atoms with E-state index in [0.29, 0.717) is 5.56 Å². The normalized spacial score (nSPS) is 13.8. The van der Waals surface area contributed by atoms with Gasteiger partial charge >= 0.3 is 6.09 Å². The van der Waals surface area contributed by atoms with Gasteiger partial charge in [-0.3, -0.25) is 14.4 Å². The third-order valence-electron chi connectivity index (χ3n) is 5.32. The highest BCUT2D eigenvalue weighted by Gasteiger charge is 2.36. The van der Waals surface area contributed by atoms with E-state index in [1.54, 1.807) is 33.8 Å². The monoisotopic (exact) mass is 490 g/mol. The smallest absolute Gasteiger partial charge is 0.408 e.